The molecule has 2 saturated heterocycles. The van der Waals surface area contributed by atoms with Gasteiger partial charge in [0, 0.05) is 23.5 Å². The van der Waals surface area contributed by atoms with Crippen molar-refractivity contribution in [2.24, 2.45) is 0 Å². The van der Waals surface area contributed by atoms with Gasteiger partial charge in [-0.1, -0.05) is 0 Å². The van der Waals surface area contributed by atoms with Crippen molar-refractivity contribution < 1.29 is 14.3 Å². The highest BCUT2D eigenvalue weighted by Crippen LogP contribution is 2.30. The van der Waals surface area contributed by atoms with E-state index in [-0.39, 0.29) is 5.91 Å². The highest BCUT2D eigenvalue weighted by molar-refractivity contribution is 7.73. The molecule has 0 aromatic carbocycles. The molecule has 1 aromatic heterocycles. The standard InChI is InChI=1S/C13H18N2O3S2/c1-9-10(20-12(19)14-9)7-11(16)15-4-2-3-13(8-15)17-5-6-18-13/h2-8H2,1H3,(H,14,19). The van der Waals surface area contributed by atoms with Gasteiger partial charge in [0.25, 0.3) is 0 Å². The molecule has 2 fully saturated rings. The molecule has 1 N–H and O–H groups in total. The van der Waals surface area contributed by atoms with Gasteiger partial charge < -0.3 is 19.4 Å². The molecule has 110 valence electrons. The van der Waals surface area contributed by atoms with E-state index in [1.54, 1.807) is 0 Å². The van der Waals surface area contributed by atoms with Crippen LogP contribution in [0.2, 0.25) is 0 Å². The van der Waals surface area contributed by atoms with Gasteiger partial charge in [-0.25, -0.2) is 0 Å². The SMILES string of the molecule is Cc1[nH]c(=S)sc1CC(=O)N1CCCC2(C1)OCCO2. The first kappa shape index (κ1) is 14.2. The molecule has 20 heavy (non-hydrogen) atoms. The first-order valence-electron chi connectivity index (χ1n) is 6.82. The number of carbonyl (C=O) groups excluding carboxylic acids is 1. The minimum Gasteiger partial charge on any atom is -0.346 e. The lowest BCUT2D eigenvalue weighted by molar-refractivity contribution is -0.192. The van der Waals surface area contributed by atoms with Gasteiger partial charge in [-0.2, -0.15) is 0 Å². The Bertz CT molecular complexity index is 560. The fraction of sp³-hybridized carbons (Fsp3) is 0.692. The summed E-state index contributed by atoms with van der Waals surface area (Å²) in [6, 6.07) is 0. The molecule has 1 spiro atoms. The number of thiazole rings is 1. The van der Waals surface area contributed by atoms with Gasteiger partial charge in [0.1, 0.15) is 0 Å². The number of nitrogens with one attached hydrogen (secondary N) is 1. The average molecular weight is 314 g/mol. The Kier molecular flexibility index (Phi) is 3.94. The number of aromatic amines is 1. The molecular formula is C13H18N2O3S2. The zero-order valence-electron chi connectivity index (χ0n) is 11.4. The van der Waals surface area contributed by atoms with Crippen LogP contribution in [0.4, 0.5) is 0 Å². The van der Waals surface area contributed by atoms with Crippen molar-refractivity contribution in [2.45, 2.75) is 32.0 Å². The fourth-order valence-electron chi connectivity index (χ4n) is 2.79. The number of carbonyl (C=O) groups is 1. The molecule has 1 aromatic rings. The number of amides is 1. The summed E-state index contributed by atoms with van der Waals surface area (Å²) in [5.41, 5.74) is 0.994. The molecular weight excluding hydrogens is 296 g/mol. The highest BCUT2D eigenvalue weighted by atomic mass is 32.1. The van der Waals surface area contributed by atoms with Gasteiger partial charge in [0.2, 0.25) is 5.91 Å². The van der Waals surface area contributed by atoms with Crippen LogP contribution in [0.15, 0.2) is 0 Å². The zero-order valence-corrected chi connectivity index (χ0v) is 13.1. The summed E-state index contributed by atoms with van der Waals surface area (Å²) in [6.07, 6.45) is 2.20. The third kappa shape index (κ3) is 2.81. The molecule has 5 nitrogen and oxygen atoms in total. The van der Waals surface area contributed by atoms with Crippen LogP contribution in [0.3, 0.4) is 0 Å². The van der Waals surface area contributed by atoms with E-state index in [4.69, 9.17) is 21.7 Å². The van der Waals surface area contributed by atoms with Crippen molar-refractivity contribution in [3.63, 3.8) is 0 Å². The average Bonchev–Trinajstić information content (AvgIpc) is 2.97. The van der Waals surface area contributed by atoms with Gasteiger partial charge >= 0.3 is 0 Å². The summed E-state index contributed by atoms with van der Waals surface area (Å²) < 4.78 is 12.1. The van der Waals surface area contributed by atoms with Gasteiger partial charge in [0.05, 0.1) is 26.2 Å². The van der Waals surface area contributed by atoms with Crippen molar-refractivity contribution in [3.05, 3.63) is 14.5 Å². The minimum absolute atomic E-state index is 0.122. The van der Waals surface area contributed by atoms with E-state index in [1.807, 2.05) is 11.8 Å². The summed E-state index contributed by atoms with van der Waals surface area (Å²) in [7, 11) is 0. The molecule has 2 aliphatic rings. The summed E-state index contributed by atoms with van der Waals surface area (Å²) in [6.45, 7) is 4.53. The number of hydrogen-bond acceptors (Lipinski definition) is 5. The Morgan fingerprint density at radius 2 is 2.25 bits per heavy atom. The first-order valence-corrected chi connectivity index (χ1v) is 8.05. The second kappa shape index (κ2) is 5.55. The van der Waals surface area contributed by atoms with Crippen LogP contribution in [0.1, 0.15) is 23.4 Å². The van der Waals surface area contributed by atoms with E-state index in [2.05, 4.69) is 4.98 Å². The second-order valence-corrected chi connectivity index (χ2v) is 7.04. The number of aryl methyl sites for hydroxylation is 1. The molecule has 0 unspecified atom stereocenters. The normalized spacial score (nSPS) is 21.6. The van der Waals surface area contributed by atoms with Gasteiger partial charge in [0.15, 0.2) is 9.74 Å². The van der Waals surface area contributed by atoms with Crippen LogP contribution in [-0.2, 0) is 20.7 Å². The Morgan fingerprint density at radius 1 is 1.50 bits per heavy atom. The Hall–Kier alpha value is -0.760. The molecule has 0 atom stereocenters. The fourth-order valence-corrected chi connectivity index (χ4v) is 4.07. The number of piperidine rings is 1. The largest absolute Gasteiger partial charge is 0.346 e. The van der Waals surface area contributed by atoms with E-state index in [9.17, 15) is 4.79 Å². The summed E-state index contributed by atoms with van der Waals surface area (Å²) in [5, 5.41) is 0. The topological polar surface area (TPSA) is 54.6 Å². The summed E-state index contributed by atoms with van der Waals surface area (Å²) >= 11 is 6.59. The molecule has 0 aliphatic carbocycles. The third-order valence-corrected chi connectivity index (χ3v) is 5.16. The lowest BCUT2D eigenvalue weighted by Gasteiger charge is -2.38. The third-order valence-electron chi connectivity index (χ3n) is 3.82. The number of aromatic nitrogens is 1. The summed E-state index contributed by atoms with van der Waals surface area (Å²) in [5.74, 6) is -0.426. The number of H-pyrrole nitrogens is 1. The molecule has 0 radical (unpaired) electrons. The lowest BCUT2D eigenvalue weighted by Crippen LogP contribution is -2.51. The monoisotopic (exact) mass is 314 g/mol. The van der Waals surface area contributed by atoms with Gasteiger partial charge in [-0.15, -0.1) is 11.3 Å². The number of rotatable bonds is 2. The minimum atomic E-state index is -0.548. The summed E-state index contributed by atoms with van der Waals surface area (Å²) in [4.78, 5) is 18.4. The van der Waals surface area contributed by atoms with Crippen molar-refractivity contribution in [1.82, 2.24) is 9.88 Å². The Labute approximate surface area is 126 Å². The molecule has 0 saturated carbocycles. The van der Waals surface area contributed by atoms with E-state index < -0.39 is 5.79 Å². The quantitative estimate of drug-likeness (QED) is 0.849. The molecule has 3 rings (SSSR count). The molecule has 2 aliphatic heterocycles. The van der Waals surface area contributed by atoms with E-state index in [0.717, 1.165) is 33.9 Å². The maximum absolute atomic E-state index is 12.4. The first-order chi connectivity index (χ1) is 9.58. The van der Waals surface area contributed by atoms with Crippen LogP contribution in [-0.4, -0.2) is 47.9 Å². The van der Waals surface area contributed by atoms with E-state index in [1.165, 1.54) is 11.3 Å². The lowest BCUT2D eigenvalue weighted by atomic mass is 10.0. The Morgan fingerprint density at radius 3 is 2.90 bits per heavy atom. The molecule has 0 bridgehead atoms. The van der Waals surface area contributed by atoms with Crippen molar-refractivity contribution in [1.29, 1.82) is 0 Å². The van der Waals surface area contributed by atoms with E-state index >= 15 is 0 Å². The number of hydrogen-bond donors (Lipinski definition) is 1. The molecule has 1 amide bonds. The van der Waals surface area contributed by atoms with Gasteiger partial charge in [-0.3, -0.25) is 4.79 Å². The van der Waals surface area contributed by atoms with Gasteiger partial charge in [-0.05, 0) is 25.6 Å². The maximum Gasteiger partial charge on any atom is 0.228 e. The van der Waals surface area contributed by atoms with Crippen molar-refractivity contribution in [2.75, 3.05) is 26.3 Å². The second-order valence-electron chi connectivity index (χ2n) is 5.27. The predicted molar refractivity (Wildman–Crippen MR) is 78.4 cm³/mol. The highest BCUT2D eigenvalue weighted by Gasteiger charge is 2.42. The van der Waals surface area contributed by atoms with Crippen LogP contribution in [0.25, 0.3) is 0 Å². The molecule has 7 heteroatoms. The number of nitrogens with zero attached hydrogens (tertiary/aromatic N) is 1. The maximum atomic E-state index is 12.4. The predicted octanol–water partition coefficient (Wildman–Crippen LogP) is 2.02. The molecule has 3 heterocycles. The van der Waals surface area contributed by atoms with Crippen LogP contribution in [0.5, 0.6) is 0 Å². The number of likely N-dealkylation sites (tertiary alicyclic amines) is 1. The number of ether oxygens (including phenoxy) is 2. The smallest absolute Gasteiger partial charge is 0.228 e. The Balaban J connectivity index is 1.67. The van der Waals surface area contributed by atoms with Crippen LogP contribution >= 0.6 is 23.6 Å². The zero-order chi connectivity index (χ0) is 14.2. The van der Waals surface area contributed by atoms with Crippen LogP contribution < -0.4 is 0 Å². The van der Waals surface area contributed by atoms with Crippen molar-refractivity contribution in [3.8, 4) is 0 Å². The van der Waals surface area contributed by atoms with Crippen LogP contribution in [0, 0.1) is 10.9 Å². The van der Waals surface area contributed by atoms with E-state index in [0.29, 0.717) is 26.2 Å². The van der Waals surface area contributed by atoms with Crippen molar-refractivity contribution >= 4 is 29.5 Å².